The zero-order valence-corrected chi connectivity index (χ0v) is 8.33. The van der Waals surface area contributed by atoms with Gasteiger partial charge in [-0.15, -0.1) is 0 Å². The van der Waals surface area contributed by atoms with Crippen LogP contribution in [0.1, 0.15) is 18.9 Å². The quantitative estimate of drug-likeness (QED) is 0.738. The molecule has 1 aliphatic heterocycles. The van der Waals surface area contributed by atoms with Gasteiger partial charge in [0.15, 0.2) is 6.10 Å². The zero-order chi connectivity index (χ0) is 10.1. The monoisotopic (exact) mass is 191 g/mol. The van der Waals surface area contributed by atoms with Gasteiger partial charge in [0, 0.05) is 0 Å². The Balaban J connectivity index is 2.40. The van der Waals surface area contributed by atoms with E-state index in [1.807, 2.05) is 32.0 Å². The van der Waals surface area contributed by atoms with Crippen LogP contribution in [0.15, 0.2) is 18.2 Å². The first-order chi connectivity index (χ1) is 6.72. The first kappa shape index (κ1) is 9.06. The van der Waals surface area contributed by atoms with Crippen LogP contribution in [0, 0.1) is 6.92 Å². The van der Waals surface area contributed by atoms with Crippen LogP contribution < -0.4 is 10.1 Å². The summed E-state index contributed by atoms with van der Waals surface area (Å²) >= 11 is 0. The smallest absolute Gasteiger partial charge is 0.265 e. The van der Waals surface area contributed by atoms with Crippen molar-refractivity contribution in [1.82, 2.24) is 0 Å². The fraction of sp³-hybridized carbons (Fsp3) is 0.364. The third kappa shape index (κ3) is 1.35. The van der Waals surface area contributed by atoms with E-state index in [0.717, 1.165) is 17.0 Å². The number of ether oxygens (including phenoxy) is 1. The Kier molecular flexibility index (Phi) is 2.15. The molecule has 1 heterocycles. The molecule has 0 radical (unpaired) electrons. The summed E-state index contributed by atoms with van der Waals surface area (Å²) in [4.78, 5) is 11.5. The highest BCUT2D eigenvalue weighted by Gasteiger charge is 2.26. The van der Waals surface area contributed by atoms with Crippen molar-refractivity contribution in [2.75, 3.05) is 5.32 Å². The minimum Gasteiger partial charge on any atom is -0.478 e. The largest absolute Gasteiger partial charge is 0.478 e. The highest BCUT2D eigenvalue weighted by atomic mass is 16.5. The molecule has 0 saturated heterocycles. The summed E-state index contributed by atoms with van der Waals surface area (Å²) < 4.78 is 5.61. The molecule has 74 valence electrons. The van der Waals surface area contributed by atoms with E-state index in [1.54, 1.807) is 0 Å². The average molecular weight is 191 g/mol. The number of hydrogen-bond acceptors (Lipinski definition) is 2. The van der Waals surface area contributed by atoms with E-state index in [0.29, 0.717) is 6.42 Å². The summed E-state index contributed by atoms with van der Waals surface area (Å²) in [7, 11) is 0. The van der Waals surface area contributed by atoms with Crippen LogP contribution in [-0.4, -0.2) is 12.0 Å². The Morgan fingerprint density at radius 3 is 3.00 bits per heavy atom. The molecule has 0 spiro atoms. The van der Waals surface area contributed by atoms with Crippen LogP contribution in [0.2, 0.25) is 0 Å². The van der Waals surface area contributed by atoms with Gasteiger partial charge in [-0.1, -0.05) is 19.1 Å². The molecule has 1 aromatic carbocycles. The van der Waals surface area contributed by atoms with Crippen LogP contribution in [0.4, 0.5) is 5.69 Å². The minimum absolute atomic E-state index is 0.0504. The molecule has 1 aromatic rings. The van der Waals surface area contributed by atoms with Crippen molar-refractivity contribution in [3.8, 4) is 5.75 Å². The molecule has 3 nitrogen and oxygen atoms in total. The second-order valence-corrected chi connectivity index (χ2v) is 3.46. The Hall–Kier alpha value is -1.51. The molecule has 3 heteroatoms. The number of carbonyl (C=O) groups excluding carboxylic acids is 1. The van der Waals surface area contributed by atoms with E-state index in [4.69, 9.17) is 4.74 Å². The van der Waals surface area contributed by atoms with Crippen molar-refractivity contribution in [3.05, 3.63) is 23.8 Å². The van der Waals surface area contributed by atoms with E-state index in [-0.39, 0.29) is 12.0 Å². The lowest BCUT2D eigenvalue weighted by molar-refractivity contribution is -0.123. The Labute approximate surface area is 83.1 Å². The van der Waals surface area contributed by atoms with Gasteiger partial charge in [-0.25, -0.2) is 0 Å². The fourth-order valence-corrected chi connectivity index (χ4v) is 1.59. The third-order valence-electron chi connectivity index (χ3n) is 2.39. The number of anilines is 1. The molecular formula is C11H13NO2. The van der Waals surface area contributed by atoms with Crippen molar-refractivity contribution in [2.45, 2.75) is 26.4 Å². The lowest BCUT2D eigenvalue weighted by Gasteiger charge is -2.26. The lowest BCUT2D eigenvalue weighted by Crippen LogP contribution is -2.36. The van der Waals surface area contributed by atoms with Gasteiger partial charge in [-0.05, 0) is 25.0 Å². The number of benzene rings is 1. The summed E-state index contributed by atoms with van der Waals surface area (Å²) in [5.74, 6) is 0.754. The maximum absolute atomic E-state index is 11.5. The Morgan fingerprint density at radius 1 is 1.50 bits per heavy atom. The van der Waals surface area contributed by atoms with Gasteiger partial charge in [-0.2, -0.15) is 0 Å². The topological polar surface area (TPSA) is 38.3 Å². The summed E-state index contributed by atoms with van der Waals surface area (Å²) in [5, 5.41) is 2.84. The number of nitrogens with one attached hydrogen (secondary N) is 1. The lowest BCUT2D eigenvalue weighted by atomic mass is 10.1. The van der Waals surface area contributed by atoms with Gasteiger partial charge >= 0.3 is 0 Å². The molecule has 1 N–H and O–H groups in total. The molecule has 0 saturated carbocycles. The summed E-state index contributed by atoms with van der Waals surface area (Å²) in [6.45, 7) is 3.91. The standard InChI is InChI=1S/C11H13NO2/c1-3-9-11(13)12-8-6-4-5-7(2)10(8)14-9/h4-6,9H,3H2,1-2H3,(H,12,13). The van der Waals surface area contributed by atoms with E-state index in [9.17, 15) is 4.79 Å². The van der Waals surface area contributed by atoms with Gasteiger partial charge in [0.05, 0.1) is 5.69 Å². The molecule has 1 unspecified atom stereocenters. The van der Waals surface area contributed by atoms with Crippen molar-refractivity contribution in [2.24, 2.45) is 0 Å². The minimum atomic E-state index is -0.344. The molecule has 0 fully saturated rings. The van der Waals surface area contributed by atoms with Crippen molar-refractivity contribution in [1.29, 1.82) is 0 Å². The predicted molar refractivity (Wildman–Crippen MR) is 54.5 cm³/mol. The Bertz CT molecular complexity index is 374. The molecule has 2 rings (SSSR count). The number of para-hydroxylation sites is 1. The second kappa shape index (κ2) is 3.33. The molecule has 0 bridgehead atoms. The number of rotatable bonds is 1. The normalized spacial score (nSPS) is 19.6. The summed E-state index contributed by atoms with van der Waals surface area (Å²) in [6, 6.07) is 5.74. The number of carbonyl (C=O) groups is 1. The molecule has 1 atom stereocenters. The van der Waals surface area contributed by atoms with Crippen LogP contribution in [0.5, 0.6) is 5.75 Å². The van der Waals surface area contributed by atoms with Gasteiger partial charge in [0.1, 0.15) is 5.75 Å². The van der Waals surface area contributed by atoms with E-state index in [1.165, 1.54) is 0 Å². The molecule has 0 aliphatic carbocycles. The van der Waals surface area contributed by atoms with Crippen LogP contribution in [0.3, 0.4) is 0 Å². The maximum atomic E-state index is 11.5. The SMILES string of the molecule is CCC1Oc2c(C)cccc2NC1=O. The molecular weight excluding hydrogens is 178 g/mol. The number of aryl methyl sites for hydroxylation is 1. The maximum Gasteiger partial charge on any atom is 0.265 e. The van der Waals surface area contributed by atoms with E-state index >= 15 is 0 Å². The van der Waals surface area contributed by atoms with E-state index in [2.05, 4.69) is 5.32 Å². The van der Waals surface area contributed by atoms with Crippen molar-refractivity contribution < 1.29 is 9.53 Å². The summed E-state index contributed by atoms with van der Waals surface area (Å²) in [6.07, 6.45) is 0.350. The molecule has 0 aromatic heterocycles. The van der Waals surface area contributed by atoms with Crippen molar-refractivity contribution >= 4 is 11.6 Å². The molecule has 1 amide bonds. The van der Waals surface area contributed by atoms with Crippen molar-refractivity contribution in [3.63, 3.8) is 0 Å². The van der Waals surface area contributed by atoms with E-state index < -0.39 is 0 Å². The highest BCUT2D eigenvalue weighted by Crippen LogP contribution is 2.33. The van der Waals surface area contributed by atoms with Gasteiger partial charge in [0.25, 0.3) is 5.91 Å². The first-order valence-corrected chi connectivity index (χ1v) is 4.79. The highest BCUT2D eigenvalue weighted by molar-refractivity contribution is 5.97. The van der Waals surface area contributed by atoms with Crippen LogP contribution in [0.25, 0.3) is 0 Å². The number of amides is 1. The zero-order valence-electron chi connectivity index (χ0n) is 8.33. The molecule has 14 heavy (non-hydrogen) atoms. The van der Waals surface area contributed by atoms with Gasteiger partial charge in [0.2, 0.25) is 0 Å². The first-order valence-electron chi connectivity index (χ1n) is 4.79. The third-order valence-corrected chi connectivity index (χ3v) is 2.39. The average Bonchev–Trinajstić information content (AvgIpc) is 2.17. The van der Waals surface area contributed by atoms with Gasteiger partial charge in [-0.3, -0.25) is 4.79 Å². The fourth-order valence-electron chi connectivity index (χ4n) is 1.59. The Morgan fingerprint density at radius 2 is 2.29 bits per heavy atom. The summed E-state index contributed by atoms with van der Waals surface area (Å²) in [5.41, 5.74) is 1.83. The molecule has 1 aliphatic rings. The second-order valence-electron chi connectivity index (χ2n) is 3.46. The van der Waals surface area contributed by atoms with Crippen LogP contribution in [-0.2, 0) is 4.79 Å². The number of fused-ring (bicyclic) bond motifs is 1. The van der Waals surface area contributed by atoms with Gasteiger partial charge < -0.3 is 10.1 Å². The predicted octanol–water partition coefficient (Wildman–Crippen LogP) is 2.10. The number of hydrogen-bond donors (Lipinski definition) is 1. The van der Waals surface area contributed by atoms with Crippen LogP contribution >= 0.6 is 0 Å².